The molecule has 0 fully saturated rings. The average molecular weight is 466 g/mol. The van der Waals surface area contributed by atoms with Gasteiger partial charge in [-0.2, -0.15) is 13.2 Å². The van der Waals surface area contributed by atoms with Gasteiger partial charge in [0.1, 0.15) is 11.6 Å². The lowest BCUT2D eigenvalue weighted by Crippen LogP contribution is -2.09. The molecule has 2 aromatic carbocycles. The minimum absolute atomic E-state index is 0.00514. The number of benzene rings is 2. The molecule has 176 valence electrons. The number of alkyl halides is 3. The van der Waals surface area contributed by atoms with Crippen LogP contribution in [0.2, 0.25) is 0 Å². The van der Waals surface area contributed by atoms with Gasteiger partial charge < -0.3 is 14.2 Å². The standard InChI is InChI=1S/C25H23F5O3/c26-18-8-16(9-19(27)11-18)14-31-7-5-3-1-2-4-6-17-10-22(25(28,29)30)21-13-24-23(12-20(17)21)32-15-33-24/h6,8-13H,1-5,7,14-15H2. The van der Waals surface area contributed by atoms with Crippen LogP contribution in [0.25, 0.3) is 11.1 Å². The molecule has 0 amide bonds. The van der Waals surface area contributed by atoms with Crippen LogP contribution in [0, 0.1) is 11.6 Å². The number of allylic oxidation sites excluding steroid dienone is 4. The largest absolute Gasteiger partial charge is 0.454 e. The number of ether oxygens (including phenoxy) is 3. The zero-order valence-corrected chi connectivity index (χ0v) is 17.8. The normalized spacial score (nSPS) is 15.8. The van der Waals surface area contributed by atoms with Gasteiger partial charge in [0.15, 0.2) is 11.5 Å². The molecule has 2 aliphatic rings. The topological polar surface area (TPSA) is 27.7 Å². The zero-order chi connectivity index (χ0) is 23.4. The zero-order valence-electron chi connectivity index (χ0n) is 17.8. The van der Waals surface area contributed by atoms with Crippen molar-refractivity contribution in [3.05, 3.63) is 70.8 Å². The Bertz CT molecular complexity index is 1050. The Balaban J connectivity index is 1.23. The Morgan fingerprint density at radius 1 is 0.848 bits per heavy atom. The number of hydrogen-bond donors (Lipinski definition) is 0. The molecule has 0 spiro atoms. The van der Waals surface area contributed by atoms with Crippen LogP contribution in [-0.2, 0) is 11.3 Å². The summed E-state index contributed by atoms with van der Waals surface area (Å²) < 4.78 is 82.7. The van der Waals surface area contributed by atoms with Gasteiger partial charge in [-0.1, -0.05) is 18.9 Å². The highest BCUT2D eigenvalue weighted by atomic mass is 19.4. The van der Waals surface area contributed by atoms with E-state index in [2.05, 4.69) is 0 Å². The summed E-state index contributed by atoms with van der Waals surface area (Å²) in [7, 11) is 0. The first-order valence-corrected chi connectivity index (χ1v) is 10.8. The second-order valence-corrected chi connectivity index (χ2v) is 8.00. The quantitative estimate of drug-likeness (QED) is 0.289. The van der Waals surface area contributed by atoms with Gasteiger partial charge >= 0.3 is 6.18 Å². The first-order valence-electron chi connectivity index (χ1n) is 10.8. The van der Waals surface area contributed by atoms with Crippen LogP contribution in [-0.4, -0.2) is 19.6 Å². The summed E-state index contributed by atoms with van der Waals surface area (Å²) in [6.07, 6.45) is 2.61. The second-order valence-electron chi connectivity index (χ2n) is 8.00. The van der Waals surface area contributed by atoms with Crippen molar-refractivity contribution in [1.29, 1.82) is 0 Å². The van der Waals surface area contributed by atoms with E-state index >= 15 is 0 Å². The van der Waals surface area contributed by atoms with E-state index in [-0.39, 0.29) is 19.0 Å². The molecular weight excluding hydrogens is 443 g/mol. The molecule has 33 heavy (non-hydrogen) atoms. The highest BCUT2D eigenvalue weighted by Crippen LogP contribution is 2.48. The molecule has 3 nitrogen and oxygen atoms in total. The molecule has 1 heterocycles. The van der Waals surface area contributed by atoms with Crippen LogP contribution in [0.15, 0.2) is 42.5 Å². The maximum absolute atomic E-state index is 13.5. The number of halogens is 5. The third kappa shape index (κ3) is 5.74. The first kappa shape index (κ1) is 23.3. The van der Waals surface area contributed by atoms with Crippen LogP contribution in [0.4, 0.5) is 22.0 Å². The lowest BCUT2D eigenvalue weighted by Gasteiger charge is -2.10. The van der Waals surface area contributed by atoms with Crippen LogP contribution >= 0.6 is 0 Å². The summed E-state index contributed by atoms with van der Waals surface area (Å²) in [4.78, 5) is 0. The highest BCUT2D eigenvalue weighted by molar-refractivity contribution is 5.98. The van der Waals surface area contributed by atoms with Gasteiger partial charge in [0.05, 0.1) is 12.2 Å². The fourth-order valence-electron chi connectivity index (χ4n) is 3.96. The van der Waals surface area contributed by atoms with Crippen molar-refractivity contribution in [3.63, 3.8) is 0 Å². The summed E-state index contributed by atoms with van der Waals surface area (Å²) in [5.74, 6) is -0.475. The second kappa shape index (κ2) is 9.95. The molecule has 8 heteroatoms. The van der Waals surface area contributed by atoms with Crippen LogP contribution < -0.4 is 9.47 Å². The van der Waals surface area contributed by atoms with Crippen molar-refractivity contribution in [2.45, 2.75) is 44.9 Å². The number of unbranched alkanes of at least 4 members (excludes halogenated alkanes) is 4. The Hall–Kier alpha value is -2.87. The van der Waals surface area contributed by atoms with E-state index < -0.39 is 23.4 Å². The molecule has 0 aromatic heterocycles. The van der Waals surface area contributed by atoms with E-state index in [1.54, 1.807) is 6.07 Å². The predicted octanol–water partition coefficient (Wildman–Crippen LogP) is 7.20. The molecule has 0 saturated carbocycles. The van der Waals surface area contributed by atoms with Crippen molar-refractivity contribution in [2.24, 2.45) is 0 Å². The van der Waals surface area contributed by atoms with E-state index in [0.717, 1.165) is 31.7 Å². The summed E-state index contributed by atoms with van der Waals surface area (Å²) in [6, 6.07) is 6.31. The van der Waals surface area contributed by atoms with E-state index in [0.29, 0.717) is 41.2 Å². The summed E-state index contributed by atoms with van der Waals surface area (Å²) in [5, 5.41) is 0. The van der Waals surface area contributed by atoms with Crippen molar-refractivity contribution in [3.8, 4) is 11.5 Å². The minimum Gasteiger partial charge on any atom is -0.454 e. The van der Waals surface area contributed by atoms with E-state index in [1.165, 1.54) is 24.3 Å². The molecule has 0 atom stereocenters. The van der Waals surface area contributed by atoms with Gasteiger partial charge in [0, 0.05) is 12.7 Å². The van der Waals surface area contributed by atoms with Crippen LogP contribution in [0.5, 0.6) is 11.5 Å². The first-order chi connectivity index (χ1) is 15.8. The van der Waals surface area contributed by atoms with Crippen molar-refractivity contribution < 1.29 is 36.2 Å². The molecule has 0 unspecified atom stereocenters. The Morgan fingerprint density at radius 3 is 2.21 bits per heavy atom. The van der Waals surface area contributed by atoms with Gasteiger partial charge in [0.25, 0.3) is 0 Å². The third-order valence-corrected chi connectivity index (χ3v) is 5.52. The Kier molecular flexibility index (Phi) is 7.02. The summed E-state index contributed by atoms with van der Waals surface area (Å²) in [5.41, 5.74) is 0.950. The van der Waals surface area contributed by atoms with Gasteiger partial charge in [0.2, 0.25) is 6.79 Å². The summed E-state index contributed by atoms with van der Waals surface area (Å²) in [6.45, 7) is 0.620. The molecule has 4 rings (SSSR count). The Morgan fingerprint density at radius 2 is 1.52 bits per heavy atom. The minimum atomic E-state index is -4.45. The van der Waals surface area contributed by atoms with Crippen LogP contribution in [0.3, 0.4) is 0 Å². The lowest BCUT2D eigenvalue weighted by atomic mass is 10.0. The number of hydrogen-bond acceptors (Lipinski definition) is 3. The van der Waals surface area contributed by atoms with Crippen molar-refractivity contribution in [1.82, 2.24) is 0 Å². The summed E-state index contributed by atoms with van der Waals surface area (Å²) >= 11 is 0. The SMILES string of the molecule is Fc1cc(F)cc(COCCCCCCC=C2C=C(C(F)(F)F)c3cc4c(cc32)OCO4)c1. The third-order valence-electron chi connectivity index (χ3n) is 5.52. The van der Waals surface area contributed by atoms with Gasteiger partial charge in [-0.05, 0) is 71.9 Å². The number of fused-ring (bicyclic) bond motifs is 2. The molecule has 2 aromatic rings. The smallest absolute Gasteiger partial charge is 0.417 e. The molecule has 0 N–H and O–H groups in total. The van der Waals surface area contributed by atoms with Crippen molar-refractivity contribution in [2.75, 3.05) is 13.4 Å². The highest BCUT2D eigenvalue weighted by Gasteiger charge is 2.40. The van der Waals surface area contributed by atoms with E-state index in [1.807, 2.05) is 6.08 Å². The fourth-order valence-corrected chi connectivity index (χ4v) is 3.96. The maximum Gasteiger partial charge on any atom is 0.417 e. The van der Waals surface area contributed by atoms with Gasteiger partial charge in [-0.3, -0.25) is 0 Å². The van der Waals surface area contributed by atoms with E-state index in [4.69, 9.17) is 14.2 Å². The van der Waals surface area contributed by atoms with Gasteiger partial charge in [-0.25, -0.2) is 8.78 Å². The van der Waals surface area contributed by atoms with Gasteiger partial charge in [-0.15, -0.1) is 0 Å². The molecule has 0 saturated heterocycles. The monoisotopic (exact) mass is 466 g/mol. The molecule has 0 bridgehead atoms. The van der Waals surface area contributed by atoms with Crippen LogP contribution in [0.1, 0.15) is 48.8 Å². The molecule has 0 radical (unpaired) electrons. The maximum atomic E-state index is 13.5. The molecule has 1 aliphatic carbocycles. The fraction of sp³-hybridized carbons (Fsp3) is 0.360. The lowest BCUT2D eigenvalue weighted by molar-refractivity contribution is -0.0687. The molecule has 1 aliphatic heterocycles. The number of rotatable bonds is 9. The average Bonchev–Trinajstić information content (AvgIpc) is 3.34. The van der Waals surface area contributed by atoms with Crippen molar-refractivity contribution >= 4 is 11.1 Å². The predicted molar refractivity (Wildman–Crippen MR) is 114 cm³/mol. The Labute approximate surface area is 188 Å². The van der Waals surface area contributed by atoms with E-state index in [9.17, 15) is 22.0 Å². The molecular formula is C25H23F5O3.